The molecular formula is C15H15Cl2N3O2. The van der Waals surface area contributed by atoms with Crippen molar-refractivity contribution in [2.45, 2.75) is 20.8 Å². The number of esters is 1. The van der Waals surface area contributed by atoms with Crippen LogP contribution >= 0.6 is 23.2 Å². The molecule has 0 saturated carbocycles. The van der Waals surface area contributed by atoms with Crippen molar-refractivity contribution in [3.8, 4) is 0 Å². The zero-order chi connectivity index (χ0) is 16.3. The maximum absolute atomic E-state index is 11.5. The fourth-order valence-corrected chi connectivity index (χ4v) is 2.52. The molecule has 0 spiro atoms. The molecule has 1 heterocycles. The number of hydrogen-bond donors (Lipinski definition) is 0. The Morgan fingerprint density at radius 3 is 2.55 bits per heavy atom. The van der Waals surface area contributed by atoms with E-state index in [-0.39, 0.29) is 5.92 Å². The second-order valence-corrected chi connectivity index (χ2v) is 5.77. The van der Waals surface area contributed by atoms with E-state index in [9.17, 15) is 4.79 Å². The number of nitrogens with zero attached hydrogens (tertiary/aromatic N) is 3. The van der Waals surface area contributed by atoms with Crippen molar-refractivity contribution in [3.05, 3.63) is 46.5 Å². The Bertz CT molecular complexity index is 710. The van der Waals surface area contributed by atoms with E-state index in [1.54, 1.807) is 29.2 Å². The van der Waals surface area contributed by atoms with Gasteiger partial charge in [0.2, 0.25) is 0 Å². The summed E-state index contributed by atoms with van der Waals surface area (Å²) < 4.78 is 6.99. The zero-order valence-corrected chi connectivity index (χ0v) is 13.9. The minimum atomic E-state index is -0.445. The summed E-state index contributed by atoms with van der Waals surface area (Å²) in [6, 6.07) is 5.00. The first kappa shape index (κ1) is 16.5. The lowest BCUT2D eigenvalue weighted by atomic mass is 10.0. The summed E-state index contributed by atoms with van der Waals surface area (Å²) >= 11 is 12.2. The molecule has 0 radical (unpaired) electrons. The Morgan fingerprint density at radius 1 is 1.32 bits per heavy atom. The highest BCUT2D eigenvalue weighted by Gasteiger charge is 2.21. The third kappa shape index (κ3) is 3.67. The van der Waals surface area contributed by atoms with Crippen molar-refractivity contribution in [2.75, 3.05) is 0 Å². The zero-order valence-electron chi connectivity index (χ0n) is 12.4. The van der Waals surface area contributed by atoms with Gasteiger partial charge in [0.1, 0.15) is 12.7 Å². The van der Waals surface area contributed by atoms with Gasteiger partial charge in [-0.25, -0.2) is 9.67 Å². The van der Waals surface area contributed by atoms with Crippen LogP contribution in [-0.2, 0) is 9.53 Å². The van der Waals surface area contributed by atoms with Crippen molar-refractivity contribution in [1.29, 1.82) is 0 Å². The summed E-state index contributed by atoms with van der Waals surface area (Å²) in [6.45, 7) is 5.26. The second kappa shape index (κ2) is 6.94. The molecule has 0 N–H and O–H groups in total. The first-order valence-corrected chi connectivity index (χ1v) is 7.38. The van der Waals surface area contributed by atoms with E-state index < -0.39 is 5.97 Å². The minimum absolute atomic E-state index is 0.0165. The average Bonchev–Trinajstić information content (AvgIpc) is 2.91. The van der Waals surface area contributed by atoms with Gasteiger partial charge in [0, 0.05) is 17.5 Å². The number of halogens is 2. The number of ether oxygens (including phenoxy) is 1. The fourth-order valence-electron chi connectivity index (χ4n) is 2.03. The normalized spacial score (nSPS) is 12.3. The molecule has 2 aromatic rings. The Labute approximate surface area is 138 Å². The van der Waals surface area contributed by atoms with E-state index in [1.165, 1.54) is 13.3 Å². The predicted molar refractivity (Wildman–Crippen MR) is 86.2 cm³/mol. The minimum Gasteiger partial charge on any atom is -0.424 e. The molecule has 5 nitrogen and oxygen atoms in total. The van der Waals surface area contributed by atoms with Crippen LogP contribution in [0.25, 0.3) is 11.5 Å². The van der Waals surface area contributed by atoms with Crippen LogP contribution < -0.4 is 0 Å². The van der Waals surface area contributed by atoms with Crippen LogP contribution in [-0.4, -0.2) is 20.7 Å². The van der Waals surface area contributed by atoms with Gasteiger partial charge in [-0.15, -0.1) is 0 Å². The molecular weight excluding hydrogens is 325 g/mol. The van der Waals surface area contributed by atoms with Gasteiger partial charge in [0.25, 0.3) is 0 Å². The van der Waals surface area contributed by atoms with Crippen molar-refractivity contribution in [3.63, 3.8) is 0 Å². The molecule has 0 aliphatic carbocycles. The highest BCUT2D eigenvalue weighted by Crippen LogP contribution is 2.33. The quantitative estimate of drug-likeness (QED) is 0.620. The first-order valence-electron chi connectivity index (χ1n) is 6.63. The number of carbonyl (C=O) groups excluding carboxylic acids is 1. The van der Waals surface area contributed by atoms with Crippen molar-refractivity contribution in [2.24, 2.45) is 5.92 Å². The van der Waals surface area contributed by atoms with Gasteiger partial charge in [0.15, 0.2) is 5.76 Å². The molecule has 1 aromatic heterocycles. The van der Waals surface area contributed by atoms with Crippen LogP contribution in [0, 0.1) is 5.92 Å². The van der Waals surface area contributed by atoms with Crippen LogP contribution in [0.1, 0.15) is 26.3 Å². The van der Waals surface area contributed by atoms with Gasteiger partial charge >= 0.3 is 5.97 Å². The molecule has 22 heavy (non-hydrogen) atoms. The monoisotopic (exact) mass is 339 g/mol. The summed E-state index contributed by atoms with van der Waals surface area (Å²) in [7, 11) is 0. The summed E-state index contributed by atoms with van der Waals surface area (Å²) in [5.41, 5.74) is 1.25. The Morgan fingerprint density at radius 2 is 2.05 bits per heavy atom. The van der Waals surface area contributed by atoms with Crippen molar-refractivity contribution in [1.82, 2.24) is 14.8 Å². The van der Waals surface area contributed by atoms with Crippen LogP contribution in [0.4, 0.5) is 0 Å². The molecule has 2 rings (SSSR count). The number of rotatable bonds is 4. The molecule has 0 aliphatic heterocycles. The first-order chi connectivity index (χ1) is 10.4. The highest BCUT2D eigenvalue weighted by atomic mass is 35.5. The Hall–Kier alpha value is -1.85. The summed E-state index contributed by atoms with van der Waals surface area (Å²) in [6.07, 6.45) is 2.96. The summed E-state index contributed by atoms with van der Waals surface area (Å²) in [5, 5.41) is 5.02. The summed E-state index contributed by atoms with van der Waals surface area (Å²) in [5.74, 6) is -0.0863. The third-order valence-corrected chi connectivity index (χ3v) is 3.41. The van der Waals surface area contributed by atoms with Gasteiger partial charge in [0.05, 0.1) is 10.7 Å². The second-order valence-electron chi connectivity index (χ2n) is 4.93. The Balaban J connectivity index is 2.71. The number of carbonyl (C=O) groups is 1. The van der Waals surface area contributed by atoms with Gasteiger partial charge < -0.3 is 4.74 Å². The fraction of sp³-hybridized carbons (Fsp3) is 0.267. The van der Waals surface area contributed by atoms with Gasteiger partial charge in [-0.3, -0.25) is 4.79 Å². The number of benzene rings is 1. The topological polar surface area (TPSA) is 57.0 Å². The Kier molecular flexibility index (Phi) is 5.21. The van der Waals surface area contributed by atoms with E-state index in [1.807, 2.05) is 13.8 Å². The maximum Gasteiger partial charge on any atom is 0.308 e. The average molecular weight is 340 g/mol. The third-order valence-electron chi connectivity index (χ3n) is 2.87. The molecule has 0 fully saturated rings. The van der Waals surface area contributed by atoms with Crippen molar-refractivity contribution >= 4 is 40.6 Å². The van der Waals surface area contributed by atoms with Crippen LogP contribution in [0.2, 0.25) is 10.0 Å². The van der Waals surface area contributed by atoms with E-state index >= 15 is 0 Å². The molecule has 0 aliphatic rings. The molecule has 0 bridgehead atoms. The van der Waals surface area contributed by atoms with Crippen molar-refractivity contribution < 1.29 is 9.53 Å². The smallest absolute Gasteiger partial charge is 0.308 e. The van der Waals surface area contributed by atoms with E-state index in [0.29, 0.717) is 27.1 Å². The van der Waals surface area contributed by atoms with Gasteiger partial charge in [-0.1, -0.05) is 37.0 Å². The lowest BCUT2D eigenvalue weighted by molar-refractivity contribution is -0.134. The number of allylic oxidation sites excluding steroid dienone is 1. The van der Waals surface area contributed by atoms with Gasteiger partial charge in [-0.2, -0.15) is 5.10 Å². The van der Waals surface area contributed by atoms with Crippen LogP contribution in [0.15, 0.2) is 30.9 Å². The predicted octanol–water partition coefficient (Wildman–Crippen LogP) is 4.13. The molecule has 7 heteroatoms. The standard InChI is InChI=1S/C15H15Cl2N3O2/c1-9(2)14(20-8-18-7-19-20)15(22-10(3)21)12-5-4-11(16)6-13(12)17/h4-9H,1-3H3/b15-14-. The molecule has 116 valence electrons. The summed E-state index contributed by atoms with van der Waals surface area (Å²) in [4.78, 5) is 15.5. The molecule has 0 amide bonds. The van der Waals surface area contributed by atoms with Crippen LogP contribution in [0.3, 0.4) is 0 Å². The van der Waals surface area contributed by atoms with Gasteiger partial charge in [-0.05, 0) is 24.1 Å². The maximum atomic E-state index is 11.5. The largest absolute Gasteiger partial charge is 0.424 e. The molecule has 0 unspecified atom stereocenters. The lowest BCUT2D eigenvalue weighted by Crippen LogP contribution is -2.11. The molecule has 1 aromatic carbocycles. The van der Waals surface area contributed by atoms with E-state index in [2.05, 4.69) is 10.1 Å². The number of hydrogen-bond acceptors (Lipinski definition) is 4. The molecule has 0 atom stereocenters. The number of aromatic nitrogens is 3. The van der Waals surface area contributed by atoms with Crippen LogP contribution in [0.5, 0.6) is 0 Å². The highest BCUT2D eigenvalue weighted by molar-refractivity contribution is 6.35. The van der Waals surface area contributed by atoms with E-state index in [0.717, 1.165) is 0 Å². The van der Waals surface area contributed by atoms with E-state index in [4.69, 9.17) is 27.9 Å². The lowest BCUT2D eigenvalue weighted by Gasteiger charge is -2.18. The SMILES string of the molecule is CC(=O)O/C(=C(/C(C)C)n1cncn1)c1ccc(Cl)cc1Cl. The molecule has 0 saturated heterocycles.